The van der Waals surface area contributed by atoms with Crippen LogP contribution in [0.2, 0.25) is 0 Å². The summed E-state index contributed by atoms with van der Waals surface area (Å²) < 4.78 is 6.51. The summed E-state index contributed by atoms with van der Waals surface area (Å²) >= 11 is 3.38. The van der Waals surface area contributed by atoms with Gasteiger partial charge in [-0.3, -0.25) is 4.79 Å². The van der Waals surface area contributed by atoms with Gasteiger partial charge in [-0.2, -0.15) is 0 Å². The topological polar surface area (TPSA) is 61.9 Å². The van der Waals surface area contributed by atoms with Gasteiger partial charge in [0.2, 0.25) is 5.91 Å². The summed E-state index contributed by atoms with van der Waals surface area (Å²) in [5.74, 6) is 0.821. The Kier molecular flexibility index (Phi) is 6.06. The molecule has 7 heteroatoms. The fourth-order valence-electron chi connectivity index (χ4n) is 2.22. The quantitative estimate of drug-likeness (QED) is 0.821. The minimum Gasteiger partial charge on any atom is -0.492 e. The molecule has 120 valence electrons. The number of carbonyl (C=O) groups excluding carboxylic acids is 2. The molecular weight excluding hydrogens is 350 g/mol. The molecular formula is C15H20BrN3O3. The summed E-state index contributed by atoms with van der Waals surface area (Å²) in [7, 11) is 0. The van der Waals surface area contributed by atoms with E-state index in [1.165, 1.54) is 0 Å². The summed E-state index contributed by atoms with van der Waals surface area (Å²) in [6, 6.07) is 7.46. The molecule has 1 aromatic carbocycles. The lowest BCUT2D eigenvalue weighted by Gasteiger charge is -2.34. The van der Waals surface area contributed by atoms with E-state index in [4.69, 9.17) is 4.74 Å². The largest absolute Gasteiger partial charge is 0.492 e. The summed E-state index contributed by atoms with van der Waals surface area (Å²) in [5, 5.41) is 2.83. The minimum atomic E-state index is -0.110. The number of halogens is 1. The Morgan fingerprint density at radius 1 is 1.23 bits per heavy atom. The number of carbonyl (C=O) groups is 2. The lowest BCUT2D eigenvalue weighted by Crippen LogP contribution is -2.53. The molecule has 0 bridgehead atoms. The molecule has 22 heavy (non-hydrogen) atoms. The Morgan fingerprint density at radius 3 is 2.55 bits per heavy atom. The van der Waals surface area contributed by atoms with Gasteiger partial charge in [0.1, 0.15) is 12.4 Å². The van der Waals surface area contributed by atoms with Crippen molar-refractivity contribution in [2.75, 3.05) is 39.3 Å². The molecule has 1 N–H and O–H groups in total. The first-order valence-electron chi connectivity index (χ1n) is 7.23. The number of ether oxygens (including phenoxy) is 1. The van der Waals surface area contributed by atoms with Crippen LogP contribution in [0, 0.1) is 0 Å². The van der Waals surface area contributed by atoms with Crippen LogP contribution in [0.3, 0.4) is 0 Å². The molecule has 1 aromatic rings. The average Bonchev–Trinajstić information content (AvgIpc) is 2.51. The number of hydrogen-bond donors (Lipinski definition) is 1. The van der Waals surface area contributed by atoms with Crippen LogP contribution >= 0.6 is 15.9 Å². The lowest BCUT2D eigenvalue weighted by atomic mass is 10.3. The van der Waals surface area contributed by atoms with E-state index in [0.717, 1.165) is 10.2 Å². The molecule has 1 fully saturated rings. The van der Waals surface area contributed by atoms with Crippen molar-refractivity contribution in [1.82, 2.24) is 15.1 Å². The third-order valence-electron chi connectivity index (χ3n) is 3.46. The predicted octanol–water partition coefficient (Wildman–Crippen LogP) is 1.70. The zero-order valence-corrected chi connectivity index (χ0v) is 14.1. The molecule has 0 atom stereocenters. The maximum Gasteiger partial charge on any atom is 0.317 e. The Labute approximate surface area is 138 Å². The molecule has 0 radical (unpaired) electrons. The molecule has 2 rings (SSSR count). The van der Waals surface area contributed by atoms with Gasteiger partial charge in [0.15, 0.2) is 0 Å². The maximum atomic E-state index is 12.0. The third kappa shape index (κ3) is 4.91. The third-order valence-corrected chi connectivity index (χ3v) is 3.95. The monoisotopic (exact) mass is 369 g/mol. The van der Waals surface area contributed by atoms with E-state index in [9.17, 15) is 9.59 Å². The number of rotatable bonds is 4. The fraction of sp³-hybridized carbons (Fsp3) is 0.467. The molecule has 0 aromatic heterocycles. The first kappa shape index (κ1) is 16.6. The van der Waals surface area contributed by atoms with Gasteiger partial charge in [0, 0.05) is 37.6 Å². The number of urea groups is 1. The van der Waals surface area contributed by atoms with Gasteiger partial charge in [0.05, 0.1) is 6.54 Å². The summed E-state index contributed by atoms with van der Waals surface area (Å²) in [4.78, 5) is 26.7. The maximum absolute atomic E-state index is 12.0. The van der Waals surface area contributed by atoms with Crippen LogP contribution in [0.25, 0.3) is 0 Å². The van der Waals surface area contributed by atoms with Crippen molar-refractivity contribution < 1.29 is 14.3 Å². The highest BCUT2D eigenvalue weighted by atomic mass is 79.9. The summed E-state index contributed by atoms with van der Waals surface area (Å²) in [6.07, 6.45) is 0. The number of amides is 3. The Morgan fingerprint density at radius 2 is 1.91 bits per heavy atom. The van der Waals surface area contributed by atoms with Gasteiger partial charge >= 0.3 is 6.03 Å². The average molecular weight is 370 g/mol. The number of hydrogen-bond acceptors (Lipinski definition) is 3. The van der Waals surface area contributed by atoms with E-state index in [2.05, 4.69) is 21.2 Å². The van der Waals surface area contributed by atoms with E-state index in [1.807, 2.05) is 24.3 Å². The van der Waals surface area contributed by atoms with E-state index in [-0.39, 0.29) is 11.9 Å². The first-order chi connectivity index (χ1) is 10.6. The van der Waals surface area contributed by atoms with Crippen molar-refractivity contribution in [2.45, 2.75) is 6.92 Å². The first-order valence-corrected chi connectivity index (χ1v) is 8.02. The van der Waals surface area contributed by atoms with Crippen LogP contribution in [0.4, 0.5) is 4.79 Å². The van der Waals surface area contributed by atoms with Crippen molar-refractivity contribution >= 4 is 27.9 Å². The van der Waals surface area contributed by atoms with E-state index in [1.54, 1.807) is 16.7 Å². The van der Waals surface area contributed by atoms with Crippen LogP contribution in [0.15, 0.2) is 28.7 Å². The molecule has 6 nitrogen and oxygen atoms in total. The smallest absolute Gasteiger partial charge is 0.317 e. The highest BCUT2D eigenvalue weighted by Crippen LogP contribution is 2.17. The molecule has 0 unspecified atom stereocenters. The van der Waals surface area contributed by atoms with Crippen LogP contribution in [-0.4, -0.2) is 61.1 Å². The molecule has 0 aliphatic carbocycles. The molecule has 0 saturated carbocycles. The predicted molar refractivity (Wildman–Crippen MR) is 86.9 cm³/mol. The lowest BCUT2D eigenvalue weighted by molar-refractivity contribution is -0.130. The second kappa shape index (κ2) is 8.03. The van der Waals surface area contributed by atoms with Gasteiger partial charge in [-0.25, -0.2) is 4.79 Å². The van der Waals surface area contributed by atoms with Crippen LogP contribution in [0.1, 0.15) is 6.92 Å². The van der Waals surface area contributed by atoms with Gasteiger partial charge in [-0.05, 0) is 18.2 Å². The van der Waals surface area contributed by atoms with Crippen molar-refractivity contribution in [2.24, 2.45) is 0 Å². The molecule has 0 spiro atoms. The van der Waals surface area contributed by atoms with Crippen LogP contribution in [0.5, 0.6) is 5.75 Å². The molecule has 3 amide bonds. The number of nitrogens with one attached hydrogen (secondary N) is 1. The van der Waals surface area contributed by atoms with Gasteiger partial charge in [-0.15, -0.1) is 0 Å². The van der Waals surface area contributed by atoms with Gasteiger partial charge in [-0.1, -0.05) is 22.0 Å². The number of piperazine rings is 1. The number of nitrogens with zero attached hydrogens (tertiary/aromatic N) is 2. The second-order valence-corrected chi connectivity index (χ2v) is 5.95. The molecule has 1 saturated heterocycles. The van der Waals surface area contributed by atoms with Gasteiger partial charge < -0.3 is 19.9 Å². The van der Waals surface area contributed by atoms with E-state index in [0.29, 0.717) is 39.3 Å². The summed E-state index contributed by atoms with van der Waals surface area (Å²) in [6.45, 7) is 4.73. The van der Waals surface area contributed by atoms with Crippen molar-refractivity contribution in [3.8, 4) is 5.75 Å². The minimum absolute atomic E-state index is 0.0579. The zero-order chi connectivity index (χ0) is 15.9. The SMILES string of the molecule is CC(=O)N1CCN(C(=O)NCCOc2cccc(Br)c2)CC1. The number of benzene rings is 1. The molecule has 1 aliphatic rings. The van der Waals surface area contributed by atoms with Crippen molar-refractivity contribution in [3.63, 3.8) is 0 Å². The standard InChI is InChI=1S/C15H20BrN3O3/c1-12(20)18-6-8-19(9-7-18)15(21)17-5-10-22-14-4-2-3-13(16)11-14/h2-4,11H,5-10H2,1H3,(H,17,21). The molecule has 1 heterocycles. The Balaban J connectivity index is 1.65. The zero-order valence-electron chi connectivity index (χ0n) is 12.5. The van der Waals surface area contributed by atoms with Crippen molar-refractivity contribution in [1.29, 1.82) is 0 Å². The molecule has 1 aliphatic heterocycles. The van der Waals surface area contributed by atoms with Crippen LogP contribution in [-0.2, 0) is 4.79 Å². The highest BCUT2D eigenvalue weighted by Gasteiger charge is 2.21. The Bertz CT molecular complexity index is 531. The fourth-order valence-corrected chi connectivity index (χ4v) is 2.60. The van der Waals surface area contributed by atoms with E-state index >= 15 is 0 Å². The Hall–Kier alpha value is -1.76. The van der Waals surface area contributed by atoms with Crippen molar-refractivity contribution in [3.05, 3.63) is 28.7 Å². The van der Waals surface area contributed by atoms with E-state index < -0.39 is 0 Å². The second-order valence-electron chi connectivity index (χ2n) is 5.03. The normalized spacial score (nSPS) is 14.6. The van der Waals surface area contributed by atoms with Gasteiger partial charge in [0.25, 0.3) is 0 Å². The summed E-state index contributed by atoms with van der Waals surface area (Å²) in [5.41, 5.74) is 0. The van der Waals surface area contributed by atoms with Crippen LogP contribution < -0.4 is 10.1 Å². The highest BCUT2D eigenvalue weighted by molar-refractivity contribution is 9.10.